The molecule has 1 heterocycles. The van der Waals surface area contributed by atoms with E-state index in [-0.39, 0.29) is 11.3 Å². The third-order valence-electron chi connectivity index (χ3n) is 5.75. The molecule has 5 aromatic rings. The van der Waals surface area contributed by atoms with E-state index in [1.54, 1.807) is 42.5 Å². The van der Waals surface area contributed by atoms with Gasteiger partial charge in [-0.1, -0.05) is 48.0 Å². The van der Waals surface area contributed by atoms with Gasteiger partial charge in [-0.05, 0) is 73.5 Å². The summed E-state index contributed by atoms with van der Waals surface area (Å²) in [6.45, 7) is 3.87. The molecule has 0 saturated heterocycles. The topological polar surface area (TPSA) is 68.5 Å². The molecule has 0 saturated carbocycles. The van der Waals surface area contributed by atoms with Crippen molar-refractivity contribution in [3.05, 3.63) is 123 Å². The van der Waals surface area contributed by atoms with Crippen LogP contribution in [-0.4, -0.2) is 5.91 Å². The highest BCUT2D eigenvalue weighted by Crippen LogP contribution is 2.32. The number of fused-ring (bicyclic) bond motifs is 1. The first-order valence-electron chi connectivity index (χ1n) is 11.4. The zero-order chi connectivity index (χ0) is 25.2. The number of nitrogens with one attached hydrogen (secondary N) is 1. The van der Waals surface area contributed by atoms with Crippen LogP contribution in [0.15, 0.2) is 100 Å². The van der Waals surface area contributed by atoms with E-state index in [0.29, 0.717) is 50.1 Å². The summed E-state index contributed by atoms with van der Waals surface area (Å²) in [5.41, 5.74) is 3.94. The highest BCUT2D eigenvalue weighted by atomic mass is 35.5. The Morgan fingerprint density at radius 3 is 2.39 bits per heavy atom. The number of aryl methyl sites for hydroxylation is 2. The molecule has 0 aliphatic carbocycles. The van der Waals surface area contributed by atoms with Crippen molar-refractivity contribution in [2.75, 3.05) is 5.32 Å². The Morgan fingerprint density at radius 2 is 1.64 bits per heavy atom. The minimum absolute atomic E-state index is 0.105. The van der Waals surface area contributed by atoms with Crippen LogP contribution in [0.4, 0.5) is 5.69 Å². The van der Waals surface area contributed by atoms with Crippen molar-refractivity contribution >= 4 is 34.2 Å². The molecule has 0 fully saturated rings. The second-order valence-electron chi connectivity index (χ2n) is 8.52. The maximum Gasteiger partial charge on any atom is 0.255 e. The van der Waals surface area contributed by atoms with Crippen molar-refractivity contribution in [1.29, 1.82) is 0 Å². The molecule has 0 atom stereocenters. The van der Waals surface area contributed by atoms with Crippen molar-refractivity contribution in [3.63, 3.8) is 0 Å². The Morgan fingerprint density at radius 1 is 0.889 bits per heavy atom. The van der Waals surface area contributed by atoms with Crippen LogP contribution < -0.4 is 15.5 Å². The zero-order valence-electron chi connectivity index (χ0n) is 19.7. The van der Waals surface area contributed by atoms with Gasteiger partial charge in [-0.3, -0.25) is 9.59 Å². The lowest BCUT2D eigenvalue weighted by atomic mass is 10.1. The maximum absolute atomic E-state index is 13.0. The van der Waals surface area contributed by atoms with Gasteiger partial charge in [0.15, 0.2) is 11.2 Å². The summed E-state index contributed by atoms with van der Waals surface area (Å²) in [6.07, 6.45) is 0. The van der Waals surface area contributed by atoms with Crippen LogP contribution >= 0.6 is 11.6 Å². The van der Waals surface area contributed by atoms with E-state index in [9.17, 15) is 9.59 Å². The fraction of sp³-hybridized carbons (Fsp3) is 0.0667. The third-order valence-corrected chi connectivity index (χ3v) is 5.99. The van der Waals surface area contributed by atoms with E-state index >= 15 is 0 Å². The van der Waals surface area contributed by atoms with E-state index in [2.05, 4.69) is 5.32 Å². The first kappa shape index (κ1) is 23.4. The molecule has 0 unspecified atom stereocenters. The monoisotopic (exact) mass is 495 g/mol. The SMILES string of the molecule is Cc1cc(C)c2oc(-c3ccc(C(=O)Nc4cc(Cl)ccc4Oc4ccccc4)cc3)cc(=O)c2c1. The molecule has 6 heteroatoms. The van der Waals surface area contributed by atoms with Crippen LogP contribution in [0.2, 0.25) is 5.02 Å². The zero-order valence-corrected chi connectivity index (χ0v) is 20.4. The van der Waals surface area contributed by atoms with Crippen LogP contribution in [0, 0.1) is 13.8 Å². The molecule has 178 valence electrons. The van der Waals surface area contributed by atoms with E-state index < -0.39 is 0 Å². The number of hydrogen-bond donors (Lipinski definition) is 1. The number of rotatable bonds is 5. The fourth-order valence-electron chi connectivity index (χ4n) is 4.04. The number of anilines is 1. The minimum Gasteiger partial charge on any atom is -0.456 e. The minimum atomic E-state index is -0.326. The lowest BCUT2D eigenvalue weighted by Crippen LogP contribution is -2.12. The highest BCUT2D eigenvalue weighted by molar-refractivity contribution is 6.31. The van der Waals surface area contributed by atoms with Crippen LogP contribution in [-0.2, 0) is 0 Å². The molecule has 0 bridgehead atoms. The predicted octanol–water partition coefficient (Wildman–Crippen LogP) is 7.77. The summed E-state index contributed by atoms with van der Waals surface area (Å²) in [5.74, 6) is 1.23. The number of amides is 1. The molecule has 0 aliphatic rings. The first-order chi connectivity index (χ1) is 17.4. The second kappa shape index (κ2) is 9.72. The highest BCUT2D eigenvalue weighted by Gasteiger charge is 2.14. The number of para-hydroxylation sites is 1. The van der Waals surface area contributed by atoms with E-state index in [1.165, 1.54) is 6.07 Å². The molecule has 5 nitrogen and oxygen atoms in total. The summed E-state index contributed by atoms with van der Waals surface area (Å²) >= 11 is 6.17. The number of ether oxygens (including phenoxy) is 1. The smallest absolute Gasteiger partial charge is 0.255 e. The van der Waals surface area contributed by atoms with E-state index in [1.807, 2.05) is 56.3 Å². The standard InChI is InChI=1S/C30H22ClNO4/c1-18-14-19(2)29-24(15-18)26(33)17-28(36-29)20-8-10-21(11-9-20)30(34)32-25-16-22(31)12-13-27(25)35-23-6-4-3-5-7-23/h3-17H,1-2H3,(H,32,34). The molecule has 1 N–H and O–H groups in total. The lowest BCUT2D eigenvalue weighted by Gasteiger charge is -2.13. The summed E-state index contributed by atoms with van der Waals surface area (Å²) < 4.78 is 12.0. The predicted molar refractivity (Wildman–Crippen MR) is 143 cm³/mol. The fourth-order valence-corrected chi connectivity index (χ4v) is 4.21. The molecule has 0 spiro atoms. The van der Waals surface area contributed by atoms with Gasteiger partial charge in [-0.15, -0.1) is 0 Å². The van der Waals surface area contributed by atoms with Crippen LogP contribution in [0.3, 0.4) is 0 Å². The number of halogens is 1. The normalized spacial score (nSPS) is 10.9. The van der Waals surface area contributed by atoms with Crippen molar-refractivity contribution in [2.45, 2.75) is 13.8 Å². The largest absolute Gasteiger partial charge is 0.456 e. The van der Waals surface area contributed by atoms with Gasteiger partial charge < -0.3 is 14.5 Å². The second-order valence-corrected chi connectivity index (χ2v) is 8.96. The summed E-state index contributed by atoms with van der Waals surface area (Å²) in [5, 5.41) is 3.90. The van der Waals surface area contributed by atoms with Crippen molar-refractivity contribution < 1.29 is 13.9 Å². The molecule has 0 aliphatic heterocycles. The Labute approximate surface area is 212 Å². The van der Waals surface area contributed by atoms with Crippen LogP contribution in [0.25, 0.3) is 22.3 Å². The maximum atomic E-state index is 13.0. The number of carbonyl (C=O) groups is 1. The van der Waals surface area contributed by atoms with Gasteiger partial charge in [0.25, 0.3) is 5.91 Å². The molecule has 5 rings (SSSR count). The van der Waals surface area contributed by atoms with Crippen LogP contribution in [0.1, 0.15) is 21.5 Å². The van der Waals surface area contributed by atoms with Gasteiger partial charge in [0.05, 0.1) is 11.1 Å². The van der Waals surface area contributed by atoms with Gasteiger partial charge in [0, 0.05) is 22.2 Å². The first-order valence-corrected chi connectivity index (χ1v) is 11.7. The third kappa shape index (κ3) is 4.88. The van der Waals surface area contributed by atoms with Gasteiger partial charge in [0.2, 0.25) is 0 Å². The lowest BCUT2D eigenvalue weighted by molar-refractivity contribution is 0.102. The summed E-state index contributed by atoms with van der Waals surface area (Å²) in [7, 11) is 0. The van der Waals surface area contributed by atoms with Gasteiger partial charge in [-0.2, -0.15) is 0 Å². The molecule has 4 aromatic carbocycles. The summed E-state index contributed by atoms with van der Waals surface area (Å²) in [4.78, 5) is 25.7. The molecule has 0 radical (unpaired) electrons. The number of hydrogen-bond acceptors (Lipinski definition) is 4. The average molecular weight is 496 g/mol. The quantitative estimate of drug-likeness (QED) is 0.270. The number of carbonyl (C=O) groups excluding carboxylic acids is 1. The van der Waals surface area contributed by atoms with Crippen molar-refractivity contribution in [2.24, 2.45) is 0 Å². The molecule has 1 aromatic heterocycles. The molecular weight excluding hydrogens is 474 g/mol. The van der Waals surface area contributed by atoms with Crippen molar-refractivity contribution in [3.8, 4) is 22.8 Å². The van der Waals surface area contributed by atoms with Gasteiger partial charge >= 0.3 is 0 Å². The van der Waals surface area contributed by atoms with E-state index in [4.69, 9.17) is 20.8 Å². The Hall–Kier alpha value is -4.35. The molecule has 36 heavy (non-hydrogen) atoms. The Balaban J connectivity index is 1.40. The van der Waals surface area contributed by atoms with Gasteiger partial charge in [-0.25, -0.2) is 0 Å². The van der Waals surface area contributed by atoms with Gasteiger partial charge in [0.1, 0.15) is 17.1 Å². The molecular formula is C30H22ClNO4. The molecule has 1 amide bonds. The van der Waals surface area contributed by atoms with Crippen molar-refractivity contribution in [1.82, 2.24) is 0 Å². The Kier molecular flexibility index (Phi) is 6.32. The van der Waals surface area contributed by atoms with E-state index in [0.717, 1.165) is 11.1 Å². The summed E-state index contributed by atoms with van der Waals surface area (Å²) in [6, 6.07) is 26.5. The number of benzene rings is 4. The van der Waals surface area contributed by atoms with Crippen LogP contribution in [0.5, 0.6) is 11.5 Å². The Bertz CT molecular complexity index is 1640. The average Bonchev–Trinajstić information content (AvgIpc) is 2.87.